The molecule has 0 aliphatic heterocycles. The first-order valence-electron chi connectivity index (χ1n) is 10.9. The van der Waals surface area contributed by atoms with Gasteiger partial charge in [-0.1, -0.05) is 13.8 Å². The van der Waals surface area contributed by atoms with Gasteiger partial charge in [0, 0.05) is 0 Å². The van der Waals surface area contributed by atoms with Crippen LogP contribution in [0.4, 0.5) is 0 Å². The van der Waals surface area contributed by atoms with Crippen LogP contribution in [0.25, 0.3) is 62.9 Å². The molecule has 0 bridgehead atoms. The van der Waals surface area contributed by atoms with E-state index in [0.29, 0.717) is 14.5 Å². The van der Waals surface area contributed by atoms with Crippen molar-refractivity contribution in [3.05, 3.63) is 72.8 Å². The maximum absolute atomic E-state index is 2.38. The van der Waals surface area contributed by atoms with E-state index >= 15 is 0 Å². The summed E-state index contributed by atoms with van der Waals surface area (Å²) in [5.41, 5.74) is 5.24. The molecule has 0 saturated carbocycles. The second-order valence-electron chi connectivity index (χ2n) is 7.92. The molecule has 0 saturated heterocycles. The van der Waals surface area contributed by atoms with Crippen molar-refractivity contribution in [3.63, 3.8) is 0 Å². The van der Waals surface area contributed by atoms with Crippen LogP contribution >= 0.6 is 0 Å². The van der Waals surface area contributed by atoms with Crippen molar-refractivity contribution in [2.24, 2.45) is 14.1 Å². The molecular formula is C28H24N2Se. The maximum atomic E-state index is 2.38. The third-order valence-corrected chi connectivity index (χ3v) is 8.94. The van der Waals surface area contributed by atoms with Gasteiger partial charge in [-0.2, -0.15) is 0 Å². The number of aromatic nitrogens is 2. The van der Waals surface area contributed by atoms with Gasteiger partial charge in [0.25, 0.3) is 0 Å². The molecule has 2 nitrogen and oxygen atoms in total. The SMILES string of the molecule is CC.Cn1c2ccccc2c2c3c4c5c(ccc4n(C)c3ccc21)[se]c1ccccc15. The van der Waals surface area contributed by atoms with Crippen LogP contribution in [-0.2, 0) is 14.1 Å². The zero-order valence-electron chi connectivity index (χ0n) is 18.2. The predicted molar refractivity (Wildman–Crippen MR) is 138 cm³/mol. The van der Waals surface area contributed by atoms with E-state index in [0.717, 1.165) is 0 Å². The first-order valence-corrected chi connectivity index (χ1v) is 12.6. The minimum atomic E-state index is 0.384. The number of fused-ring (bicyclic) bond motifs is 11. The fourth-order valence-corrected chi connectivity index (χ4v) is 7.58. The van der Waals surface area contributed by atoms with Crippen molar-refractivity contribution < 1.29 is 0 Å². The van der Waals surface area contributed by atoms with E-state index in [2.05, 4.69) is 96.0 Å². The number of benzene rings is 4. The number of aryl methyl sites for hydroxylation is 2. The topological polar surface area (TPSA) is 9.86 Å². The van der Waals surface area contributed by atoms with Crippen LogP contribution in [-0.4, -0.2) is 23.6 Å². The Balaban J connectivity index is 0.000000902. The van der Waals surface area contributed by atoms with E-state index in [1.54, 1.807) is 0 Å². The molecule has 3 heteroatoms. The molecular weight excluding hydrogens is 443 g/mol. The van der Waals surface area contributed by atoms with Crippen LogP contribution in [0.3, 0.4) is 0 Å². The zero-order chi connectivity index (χ0) is 21.3. The van der Waals surface area contributed by atoms with Crippen molar-refractivity contribution in [3.8, 4) is 0 Å². The molecule has 0 atom stereocenters. The molecule has 7 aromatic rings. The Morgan fingerprint density at radius 2 is 1.03 bits per heavy atom. The van der Waals surface area contributed by atoms with Crippen LogP contribution in [0.2, 0.25) is 0 Å². The second kappa shape index (κ2) is 6.75. The summed E-state index contributed by atoms with van der Waals surface area (Å²) in [5.74, 6) is 0. The van der Waals surface area contributed by atoms with Crippen molar-refractivity contribution >= 4 is 77.4 Å². The van der Waals surface area contributed by atoms with Gasteiger partial charge in [-0.25, -0.2) is 0 Å². The fourth-order valence-electron chi connectivity index (χ4n) is 5.24. The number of nitrogens with zero attached hydrogens (tertiary/aromatic N) is 2. The Bertz CT molecular complexity index is 1780. The molecule has 152 valence electrons. The van der Waals surface area contributed by atoms with Gasteiger partial charge in [-0.3, -0.25) is 0 Å². The summed E-state index contributed by atoms with van der Waals surface area (Å²) >= 11 is 0.384. The van der Waals surface area contributed by atoms with Crippen LogP contribution in [0.5, 0.6) is 0 Å². The third-order valence-electron chi connectivity index (χ3n) is 6.55. The Hall–Kier alpha value is -3.00. The molecule has 0 amide bonds. The average Bonchev–Trinajstić information content (AvgIpc) is 3.44. The second-order valence-corrected chi connectivity index (χ2v) is 10.2. The van der Waals surface area contributed by atoms with E-state index in [4.69, 9.17) is 0 Å². The summed E-state index contributed by atoms with van der Waals surface area (Å²) in [7, 11) is 4.39. The summed E-state index contributed by atoms with van der Waals surface area (Å²) < 4.78 is 7.73. The molecule has 4 aromatic carbocycles. The standard InChI is InChI=1S/C26H18N2Se.C2H6/c1-27-17-9-5-3-7-15(17)23-18(27)11-12-19-25(23)26-20(28(19)2)13-14-22-24(26)16-8-4-6-10-21(16)29-22;1-2/h3-14H,1-2H3;1-2H3. The monoisotopic (exact) mass is 468 g/mol. The van der Waals surface area contributed by atoms with E-state index in [1.807, 2.05) is 13.8 Å². The molecule has 0 unspecified atom stereocenters. The number of hydrogen-bond acceptors (Lipinski definition) is 0. The summed E-state index contributed by atoms with van der Waals surface area (Å²) in [6.07, 6.45) is 0. The Morgan fingerprint density at radius 1 is 0.484 bits per heavy atom. The third kappa shape index (κ3) is 2.34. The van der Waals surface area contributed by atoms with Gasteiger partial charge in [0.05, 0.1) is 0 Å². The van der Waals surface area contributed by atoms with Crippen LogP contribution in [0.1, 0.15) is 13.8 Å². The molecule has 0 radical (unpaired) electrons. The van der Waals surface area contributed by atoms with Crippen molar-refractivity contribution in [2.75, 3.05) is 0 Å². The Morgan fingerprint density at radius 3 is 1.81 bits per heavy atom. The molecule has 31 heavy (non-hydrogen) atoms. The van der Waals surface area contributed by atoms with Gasteiger partial charge in [0.15, 0.2) is 0 Å². The van der Waals surface area contributed by atoms with E-state index in [-0.39, 0.29) is 0 Å². The van der Waals surface area contributed by atoms with Gasteiger partial charge >= 0.3 is 173 Å². The first-order chi connectivity index (χ1) is 15.2. The molecule has 0 fully saturated rings. The van der Waals surface area contributed by atoms with E-state index in [1.165, 1.54) is 62.9 Å². The fraction of sp³-hybridized carbons (Fsp3) is 0.143. The first kappa shape index (κ1) is 18.7. The summed E-state index contributed by atoms with van der Waals surface area (Å²) in [4.78, 5) is 0. The van der Waals surface area contributed by atoms with Gasteiger partial charge in [0.1, 0.15) is 0 Å². The Kier molecular flexibility index (Phi) is 4.08. The van der Waals surface area contributed by atoms with E-state index in [9.17, 15) is 0 Å². The zero-order valence-corrected chi connectivity index (χ0v) is 19.9. The summed E-state index contributed by atoms with van der Waals surface area (Å²) in [6.45, 7) is 4.00. The minimum absolute atomic E-state index is 0.384. The molecule has 0 N–H and O–H groups in total. The number of para-hydroxylation sites is 1. The van der Waals surface area contributed by atoms with E-state index < -0.39 is 0 Å². The van der Waals surface area contributed by atoms with Gasteiger partial charge < -0.3 is 0 Å². The quantitative estimate of drug-likeness (QED) is 0.206. The molecule has 0 aliphatic carbocycles. The molecule has 3 aromatic heterocycles. The van der Waals surface area contributed by atoms with Crippen molar-refractivity contribution in [1.29, 1.82) is 0 Å². The van der Waals surface area contributed by atoms with Crippen molar-refractivity contribution in [2.45, 2.75) is 13.8 Å². The predicted octanol–water partition coefficient (Wildman–Crippen LogP) is 7.37. The van der Waals surface area contributed by atoms with Gasteiger partial charge in [0.2, 0.25) is 0 Å². The number of hydrogen-bond donors (Lipinski definition) is 0. The normalized spacial score (nSPS) is 11.9. The molecule has 0 spiro atoms. The Labute approximate surface area is 187 Å². The van der Waals surface area contributed by atoms with Crippen LogP contribution < -0.4 is 0 Å². The summed E-state index contributed by atoms with van der Waals surface area (Å²) in [6, 6.07) is 27.1. The van der Waals surface area contributed by atoms with Gasteiger partial charge in [-0.15, -0.1) is 0 Å². The molecule has 0 aliphatic rings. The van der Waals surface area contributed by atoms with Gasteiger partial charge in [-0.05, 0) is 0 Å². The summed E-state index contributed by atoms with van der Waals surface area (Å²) in [5, 5.41) is 8.45. The molecule has 7 rings (SSSR count). The number of rotatable bonds is 0. The molecule has 3 heterocycles. The van der Waals surface area contributed by atoms with Crippen LogP contribution in [0.15, 0.2) is 72.8 Å². The van der Waals surface area contributed by atoms with Crippen molar-refractivity contribution in [1.82, 2.24) is 9.13 Å². The van der Waals surface area contributed by atoms with Crippen LogP contribution in [0, 0.1) is 0 Å². The average molecular weight is 467 g/mol.